The zero-order chi connectivity index (χ0) is 18.7. The maximum absolute atomic E-state index is 12.6. The van der Waals surface area contributed by atoms with Gasteiger partial charge in [-0.25, -0.2) is 0 Å². The van der Waals surface area contributed by atoms with Crippen molar-refractivity contribution in [2.24, 2.45) is 0 Å². The third-order valence-corrected chi connectivity index (χ3v) is 5.89. The van der Waals surface area contributed by atoms with E-state index in [1.807, 2.05) is 24.5 Å². The summed E-state index contributed by atoms with van der Waals surface area (Å²) < 4.78 is 1.80. The molecule has 0 aliphatic carbocycles. The summed E-state index contributed by atoms with van der Waals surface area (Å²) in [6.45, 7) is 0.703. The maximum Gasteiger partial charge on any atom is 0.251 e. The van der Waals surface area contributed by atoms with Crippen LogP contribution in [0.3, 0.4) is 0 Å². The van der Waals surface area contributed by atoms with Crippen molar-refractivity contribution in [2.45, 2.75) is 11.6 Å². The van der Waals surface area contributed by atoms with Crippen LogP contribution in [-0.2, 0) is 10.3 Å². The minimum atomic E-state index is -0.589. The number of benzene rings is 3. The number of hydrogen-bond acceptors (Lipinski definition) is 3. The lowest BCUT2D eigenvalue weighted by Gasteiger charge is -2.45. The quantitative estimate of drug-likeness (QED) is 0.401. The maximum atomic E-state index is 12.6. The molecule has 0 radical (unpaired) electrons. The Labute approximate surface area is 164 Å². The van der Waals surface area contributed by atoms with E-state index in [-0.39, 0.29) is 11.9 Å². The Kier molecular flexibility index (Phi) is 5.01. The summed E-state index contributed by atoms with van der Waals surface area (Å²) in [5, 5.41) is 3.73. The summed E-state index contributed by atoms with van der Waals surface area (Å²) in [5.41, 5.74) is 2.78. The second-order valence-electron chi connectivity index (χ2n) is 6.63. The highest BCUT2D eigenvalue weighted by Gasteiger charge is 2.45. The van der Waals surface area contributed by atoms with Crippen LogP contribution in [0.25, 0.3) is 0 Å². The summed E-state index contributed by atoms with van der Waals surface area (Å²) in [4.78, 5) is 12.6. The average molecular weight is 375 g/mol. The van der Waals surface area contributed by atoms with Crippen molar-refractivity contribution in [3.05, 3.63) is 108 Å². The largest absolute Gasteiger partial charge is 0.287 e. The molecule has 1 amide bonds. The van der Waals surface area contributed by atoms with E-state index in [1.54, 1.807) is 4.31 Å². The second-order valence-corrected chi connectivity index (χ2v) is 7.43. The molecule has 4 heteroatoms. The zero-order valence-electron chi connectivity index (χ0n) is 15.2. The molecule has 1 aliphatic heterocycles. The lowest BCUT2D eigenvalue weighted by molar-refractivity contribution is -0.136. The van der Waals surface area contributed by atoms with E-state index >= 15 is 0 Å². The molecule has 1 unspecified atom stereocenters. The molecule has 4 rings (SSSR count). The molecular weight excluding hydrogens is 352 g/mol. The Hall–Kier alpha value is -2.56. The van der Waals surface area contributed by atoms with Gasteiger partial charge in [-0.1, -0.05) is 103 Å². The molecule has 0 bridgehead atoms. The molecular formula is C23H22N2OS. The SMILES string of the molecule is CSN1CC(NC(c2ccccc2)(c2ccccc2)c2ccccc2)C1=O. The van der Waals surface area contributed by atoms with Gasteiger partial charge in [0.2, 0.25) is 0 Å². The Morgan fingerprint density at radius 1 is 0.815 bits per heavy atom. The van der Waals surface area contributed by atoms with Crippen molar-refractivity contribution in [1.29, 1.82) is 0 Å². The van der Waals surface area contributed by atoms with Crippen LogP contribution in [0.15, 0.2) is 91.0 Å². The molecule has 136 valence electrons. The van der Waals surface area contributed by atoms with E-state index in [0.717, 1.165) is 16.7 Å². The molecule has 3 aromatic carbocycles. The first-order valence-electron chi connectivity index (χ1n) is 9.05. The van der Waals surface area contributed by atoms with Gasteiger partial charge in [0.15, 0.2) is 0 Å². The first-order chi connectivity index (χ1) is 13.3. The molecule has 1 heterocycles. The van der Waals surface area contributed by atoms with E-state index in [4.69, 9.17) is 0 Å². The van der Waals surface area contributed by atoms with Gasteiger partial charge in [-0.3, -0.25) is 14.4 Å². The van der Waals surface area contributed by atoms with Crippen LogP contribution in [0.2, 0.25) is 0 Å². The Balaban J connectivity index is 1.89. The normalized spacial score (nSPS) is 16.9. The van der Waals surface area contributed by atoms with E-state index in [0.29, 0.717) is 6.54 Å². The second kappa shape index (κ2) is 7.59. The fourth-order valence-electron chi connectivity index (χ4n) is 3.74. The van der Waals surface area contributed by atoms with Crippen LogP contribution < -0.4 is 5.32 Å². The smallest absolute Gasteiger partial charge is 0.251 e. The predicted molar refractivity (Wildman–Crippen MR) is 111 cm³/mol. The molecule has 1 N–H and O–H groups in total. The van der Waals surface area contributed by atoms with Gasteiger partial charge in [0, 0.05) is 6.26 Å². The van der Waals surface area contributed by atoms with Gasteiger partial charge in [0.1, 0.15) is 6.04 Å². The zero-order valence-corrected chi connectivity index (χ0v) is 16.0. The molecule has 1 fully saturated rings. The first kappa shape index (κ1) is 17.8. The third kappa shape index (κ3) is 3.15. The monoisotopic (exact) mass is 374 g/mol. The topological polar surface area (TPSA) is 32.3 Å². The van der Waals surface area contributed by atoms with Crippen LogP contribution in [0.5, 0.6) is 0 Å². The lowest BCUT2D eigenvalue weighted by Crippen LogP contribution is -2.65. The van der Waals surface area contributed by atoms with Crippen LogP contribution in [0, 0.1) is 0 Å². The first-order valence-corrected chi connectivity index (χ1v) is 10.2. The minimum absolute atomic E-state index is 0.134. The van der Waals surface area contributed by atoms with Crippen LogP contribution in [0.1, 0.15) is 16.7 Å². The Morgan fingerprint density at radius 3 is 1.56 bits per heavy atom. The van der Waals surface area contributed by atoms with Gasteiger partial charge >= 0.3 is 0 Å². The fraction of sp³-hybridized carbons (Fsp3) is 0.174. The number of carbonyl (C=O) groups excluding carboxylic acids is 1. The highest BCUT2D eigenvalue weighted by Crippen LogP contribution is 2.38. The highest BCUT2D eigenvalue weighted by atomic mass is 32.2. The lowest BCUT2D eigenvalue weighted by atomic mass is 9.76. The summed E-state index contributed by atoms with van der Waals surface area (Å²) in [6, 6.07) is 30.9. The molecule has 0 aromatic heterocycles. The molecule has 1 saturated heterocycles. The summed E-state index contributed by atoms with van der Waals surface area (Å²) >= 11 is 1.48. The van der Waals surface area contributed by atoms with E-state index < -0.39 is 5.54 Å². The molecule has 3 aromatic rings. The van der Waals surface area contributed by atoms with Crippen molar-refractivity contribution in [1.82, 2.24) is 9.62 Å². The number of nitrogens with one attached hydrogen (secondary N) is 1. The molecule has 1 aliphatic rings. The number of β-lactam (4-membered cyclic amide) rings is 1. The average Bonchev–Trinajstić information content (AvgIpc) is 2.75. The molecule has 0 spiro atoms. The van der Waals surface area contributed by atoms with Crippen molar-refractivity contribution in [2.75, 3.05) is 12.8 Å². The van der Waals surface area contributed by atoms with E-state index in [1.165, 1.54) is 11.9 Å². The van der Waals surface area contributed by atoms with Crippen LogP contribution >= 0.6 is 11.9 Å². The van der Waals surface area contributed by atoms with Gasteiger partial charge in [0.05, 0.1) is 12.1 Å². The number of rotatable bonds is 6. The van der Waals surface area contributed by atoms with Gasteiger partial charge < -0.3 is 0 Å². The minimum Gasteiger partial charge on any atom is -0.287 e. The number of amides is 1. The predicted octanol–water partition coefficient (Wildman–Crippen LogP) is 4.06. The molecule has 3 nitrogen and oxygen atoms in total. The van der Waals surface area contributed by atoms with Crippen molar-refractivity contribution >= 4 is 17.9 Å². The fourth-order valence-corrected chi connectivity index (χ4v) is 4.35. The molecule has 0 saturated carbocycles. The number of hydrogen-bond donors (Lipinski definition) is 1. The molecule has 1 atom stereocenters. The van der Waals surface area contributed by atoms with Gasteiger partial charge in [0.25, 0.3) is 5.91 Å². The number of nitrogens with zero attached hydrogens (tertiary/aromatic N) is 1. The van der Waals surface area contributed by atoms with Gasteiger partial charge in [-0.05, 0) is 16.7 Å². The molecule has 27 heavy (non-hydrogen) atoms. The van der Waals surface area contributed by atoms with Crippen LogP contribution in [-0.4, -0.2) is 29.1 Å². The van der Waals surface area contributed by atoms with Gasteiger partial charge in [-0.15, -0.1) is 0 Å². The van der Waals surface area contributed by atoms with Crippen molar-refractivity contribution in [3.8, 4) is 0 Å². The Bertz CT molecular complexity index is 803. The standard InChI is InChI=1S/C23H22N2OS/c1-27-25-17-21(22(25)26)24-23(18-11-5-2-6-12-18,19-13-7-3-8-14-19)20-15-9-4-10-16-20/h2-16,21,24H,17H2,1H3. The van der Waals surface area contributed by atoms with Crippen molar-refractivity contribution in [3.63, 3.8) is 0 Å². The van der Waals surface area contributed by atoms with Crippen LogP contribution in [0.4, 0.5) is 0 Å². The van der Waals surface area contributed by atoms with E-state index in [9.17, 15) is 4.79 Å². The van der Waals surface area contributed by atoms with Gasteiger partial charge in [-0.2, -0.15) is 0 Å². The highest BCUT2D eigenvalue weighted by molar-refractivity contribution is 7.96. The number of carbonyl (C=O) groups is 1. The third-order valence-electron chi connectivity index (χ3n) is 5.12. The summed E-state index contributed by atoms with van der Waals surface area (Å²) in [6.07, 6.45) is 1.94. The van der Waals surface area contributed by atoms with E-state index in [2.05, 4.69) is 78.1 Å². The Morgan fingerprint density at radius 2 is 1.22 bits per heavy atom. The summed E-state index contributed by atoms with van der Waals surface area (Å²) in [7, 11) is 0. The summed E-state index contributed by atoms with van der Waals surface area (Å²) in [5.74, 6) is 0.134. The van der Waals surface area contributed by atoms with Crippen molar-refractivity contribution < 1.29 is 4.79 Å².